The number of likely N-dealkylation sites (tertiary alicyclic amines) is 1. The molecule has 14 heavy (non-hydrogen) atoms. The Morgan fingerprint density at radius 2 is 2.29 bits per heavy atom. The molecule has 1 aliphatic heterocycles. The summed E-state index contributed by atoms with van der Waals surface area (Å²) < 4.78 is 0. The summed E-state index contributed by atoms with van der Waals surface area (Å²) in [5, 5.41) is 6.06. The van der Waals surface area contributed by atoms with E-state index in [1.165, 1.54) is 0 Å². The second-order valence-corrected chi connectivity index (χ2v) is 4.15. The van der Waals surface area contributed by atoms with Crippen LogP contribution >= 0.6 is 0 Å². The van der Waals surface area contributed by atoms with Gasteiger partial charge in [0.2, 0.25) is 0 Å². The van der Waals surface area contributed by atoms with Crippen LogP contribution in [0.5, 0.6) is 0 Å². The van der Waals surface area contributed by atoms with Crippen molar-refractivity contribution in [2.75, 3.05) is 20.1 Å². The number of likely N-dealkylation sites (N-methyl/N-ethyl adjacent to an activating group) is 1. The molecule has 2 amide bonds. The Balaban J connectivity index is 2.44. The number of hydrogen-bond acceptors (Lipinski definition) is 2. The van der Waals surface area contributed by atoms with Crippen LogP contribution < -0.4 is 10.6 Å². The van der Waals surface area contributed by atoms with Crippen molar-refractivity contribution in [1.82, 2.24) is 15.5 Å². The van der Waals surface area contributed by atoms with Crippen molar-refractivity contribution in [2.24, 2.45) is 0 Å². The summed E-state index contributed by atoms with van der Waals surface area (Å²) in [4.78, 5) is 13.7. The summed E-state index contributed by atoms with van der Waals surface area (Å²) in [6.45, 7) is 5.76. The van der Waals surface area contributed by atoms with Crippen LogP contribution in [0.3, 0.4) is 0 Å². The van der Waals surface area contributed by atoms with E-state index in [0.717, 1.165) is 25.9 Å². The van der Waals surface area contributed by atoms with Gasteiger partial charge in [-0.3, -0.25) is 0 Å². The minimum Gasteiger partial charge on any atom is -0.336 e. The molecule has 1 fully saturated rings. The quantitative estimate of drug-likeness (QED) is 0.706. The van der Waals surface area contributed by atoms with Crippen LogP contribution in [0.4, 0.5) is 4.79 Å². The molecule has 4 nitrogen and oxygen atoms in total. The molecule has 0 bridgehead atoms. The predicted molar refractivity (Wildman–Crippen MR) is 57.3 cm³/mol. The molecule has 4 heteroatoms. The molecule has 1 heterocycles. The fourth-order valence-electron chi connectivity index (χ4n) is 1.88. The maximum atomic E-state index is 11.7. The van der Waals surface area contributed by atoms with Gasteiger partial charge in [-0.25, -0.2) is 4.79 Å². The lowest BCUT2D eigenvalue weighted by Gasteiger charge is -2.25. The monoisotopic (exact) mass is 199 g/mol. The third-order valence-electron chi connectivity index (χ3n) is 2.49. The van der Waals surface area contributed by atoms with E-state index >= 15 is 0 Å². The Morgan fingerprint density at radius 1 is 1.57 bits per heavy atom. The normalized spacial score (nSPS) is 21.7. The summed E-state index contributed by atoms with van der Waals surface area (Å²) in [5.41, 5.74) is 0. The zero-order valence-corrected chi connectivity index (χ0v) is 9.34. The molecule has 0 saturated carbocycles. The topological polar surface area (TPSA) is 44.4 Å². The van der Waals surface area contributed by atoms with Crippen LogP contribution in [0.15, 0.2) is 0 Å². The van der Waals surface area contributed by atoms with Gasteiger partial charge in [0, 0.05) is 25.2 Å². The zero-order chi connectivity index (χ0) is 10.6. The van der Waals surface area contributed by atoms with Crippen LogP contribution in [-0.4, -0.2) is 43.2 Å². The molecule has 0 aliphatic carbocycles. The van der Waals surface area contributed by atoms with Gasteiger partial charge in [-0.05, 0) is 33.7 Å². The van der Waals surface area contributed by atoms with E-state index in [0.29, 0.717) is 6.04 Å². The molecule has 1 aliphatic rings. The molecular formula is C10H21N3O. The van der Waals surface area contributed by atoms with E-state index in [2.05, 4.69) is 10.6 Å². The summed E-state index contributed by atoms with van der Waals surface area (Å²) in [6, 6.07) is 0.676. The van der Waals surface area contributed by atoms with Gasteiger partial charge in [0.1, 0.15) is 0 Å². The van der Waals surface area contributed by atoms with Crippen molar-refractivity contribution in [3.63, 3.8) is 0 Å². The maximum absolute atomic E-state index is 11.7. The molecule has 0 aromatic rings. The van der Waals surface area contributed by atoms with Crippen LogP contribution in [0, 0.1) is 0 Å². The highest BCUT2D eigenvalue weighted by atomic mass is 16.2. The molecular weight excluding hydrogens is 178 g/mol. The van der Waals surface area contributed by atoms with Gasteiger partial charge in [-0.15, -0.1) is 0 Å². The highest BCUT2D eigenvalue weighted by Gasteiger charge is 2.27. The fourth-order valence-corrected chi connectivity index (χ4v) is 1.88. The highest BCUT2D eigenvalue weighted by molar-refractivity contribution is 5.75. The first-order chi connectivity index (χ1) is 6.65. The van der Waals surface area contributed by atoms with E-state index in [1.54, 1.807) is 0 Å². The Labute approximate surface area is 86.0 Å². The molecule has 0 radical (unpaired) electrons. The smallest absolute Gasteiger partial charge is 0.317 e. The Morgan fingerprint density at radius 3 is 2.86 bits per heavy atom. The first-order valence-electron chi connectivity index (χ1n) is 5.37. The van der Waals surface area contributed by atoms with Crippen molar-refractivity contribution < 1.29 is 4.79 Å². The largest absolute Gasteiger partial charge is 0.336 e. The van der Waals surface area contributed by atoms with Gasteiger partial charge >= 0.3 is 6.03 Å². The number of carbonyl (C=O) groups is 1. The van der Waals surface area contributed by atoms with Gasteiger partial charge in [0.05, 0.1) is 0 Å². The maximum Gasteiger partial charge on any atom is 0.317 e. The Hall–Kier alpha value is -0.770. The first-order valence-corrected chi connectivity index (χ1v) is 5.37. The molecule has 0 aromatic heterocycles. The van der Waals surface area contributed by atoms with Crippen LogP contribution in [0.1, 0.15) is 26.7 Å². The number of amides is 2. The number of hydrogen-bond donors (Lipinski definition) is 2. The Kier molecular flexibility index (Phi) is 4.20. The van der Waals surface area contributed by atoms with E-state index in [4.69, 9.17) is 0 Å². The highest BCUT2D eigenvalue weighted by Crippen LogP contribution is 2.16. The van der Waals surface area contributed by atoms with Crippen molar-refractivity contribution >= 4 is 6.03 Å². The van der Waals surface area contributed by atoms with Crippen LogP contribution in [-0.2, 0) is 0 Å². The zero-order valence-electron chi connectivity index (χ0n) is 9.34. The van der Waals surface area contributed by atoms with Crippen LogP contribution in [0.25, 0.3) is 0 Å². The van der Waals surface area contributed by atoms with Gasteiger partial charge in [-0.1, -0.05) is 0 Å². The third kappa shape index (κ3) is 2.87. The van der Waals surface area contributed by atoms with Gasteiger partial charge in [-0.2, -0.15) is 0 Å². The molecule has 1 unspecified atom stereocenters. The van der Waals surface area contributed by atoms with E-state index < -0.39 is 0 Å². The number of nitrogens with one attached hydrogen (secondary N) is 2. The number of nitrogens with zero attached hydrogens (tertiary/aromatic N) is 1. The molecule has 1 saturated heterocycles. The summed E-state index contributed by atoms with van der Waals surface area (Å²) >= 11 is 0. The van der Waals surface area contributed by atoms with Crippen molar-refractivity contribution in [2.45, 2.75) is 38.8 Å². The van der Waals surface area contributed by atoms with Gasteiger partial charge in [0.25, 0.3) is 0 Å². The average molecular weight is 199 g/mol. The first kappa shape index (κ1) is 11.3. The minimum atomic E-state index is 0.0813. The second-order valence-electron chi connectivity index (χ2n) is 4.15. The predicted octanol–water partition coefficient (Wildman–Crippen LogP) is 0.788. The number of urea groups is 1. The lowest BCUT2D eigenvalue weighted by molar-refractivity contribution is 0.189. The lowest BCUT2D eigenvalue weighted by atomic mass is 10.2. The molecule has 82 valence electrons. The van der Waals surface area contributed by atoms with E-state index in [-0.39, 0.29) is 12.1 Å². The summed E-state index contributed by atoms with van der Waals surface area (Å²) in [5.74, 6) is 0. The summed E-state index contributed by atoms with van der Waals surface area (Å²) in [7, 11) is 1.93. The van der Waals surface area contributed by atoms with Gasteiger partial charge < -0.3 is 15.5 Å². The van der Waals surface area contributed by atoms with Crippen LogP contribution in [0.2, 0.25) is 0 Å². The van der Waals surface area contributed by atoms with E-state index in [1.807, 2.05) is 25.8 Å². The van der Waals surface area contributed by atoms with Crippen molar-refractivity contribution in [3.8, 4) is 0 Å². The lowest BCUT2D eigenvalue weighted by Crippen LogP contribution is -2.47. The average Bonchev–Trinajstić information content (AvgIpc) is 2.51. The van der Waals surface area contributed by atoms with Crippen molar-refractivity contribution in [3.05, 3.63) is 0 Å². The molecule has 0 spiro atoms. The Bertz CT molecular complexity index is 194. The summed E-state index contributed by atoms with van der Waals surface area (Å²) in [6.07, 6.45) is 2.24. The number of rotatable bonds is 3. The van der Waals surface area contributed by atoms with E-state index in [9.17, 15) is 4.79 Å². The van der Waals surface area contributed by atoms with Crippen molar-refractivity contribution in [1.29, 1.82) is 0 Å². The second kappa shape index (κ2) is 5.20. The van der Waals surface area contributed by atoms with Gasteiger partial charge in [0.15, 0.2) is 0 Å². The minimum absolute atomic E-state index is 0.0813. The molecule has 0 aromatic carbocycles. The number of carbonyl (C=O) groups excluding carboxylic acids is 1. The SMILES string of the molecule is CNCC1CCCN1C(=O)NC(C)C. The third-order valence-corrected chi connectivity index (χ3v) is 2.49. The molecule has 2 N–H and O–H groups in total. The molecule has 1 atom stereocenters. The fraction of sp³-hybridized carbons (Fsp3) is 0.900. The standard InChI is InChI=1S/C10H21N3O/c1-8(2)12-10(14)13-6-4-5-9(13)7-11-3/h8-9,11H,4-7H2,1-3H3,(H,12,14). The molecule has 1 rings (SSSR count).